The van der Waals surface area contributed by atoms with E-state index < -0.39 is 9.84 Å². The molecule has 1 aliphatic rings. The highest BCUT2D eigenvalue weighted by Gasteiger charge is 2.33. The topological polar surface area (TPSA) is 88.6 Å². The number of rotatable bonds is 6. The summed E-state index contributed by atoms with van der Waals surface area (Å²) in [5.74, 6) is 1.35. The molecule has 0 radical (unpaired) electrons. The molecule has 0 spiro atoms. The van der Waals surface area contributed by atoms with Crippen LogP contribution in [0.2, 0.25) is 0 Å². The molecule has 7 nitrogen and oxygen atoms in total. The molecule has 1 aromatic carbocycles. The van der Waals surface area contributed by atoms with Gasteiger partial charge in [-0.1, -0.05) is 12.1 Å². The second-order valence-corrected chi connectivity index (χ2v) is 8.83. The van der Waals surface area contributed by atoms with Crippen LogP contribution in [-0.2, 0) is 16.4 Å². The number of sulfone groups is 1. The minimum atomic E-state index is -3.04. The highest BCUT2D eigenvalue weighted by Crippen LogP contribution is 2.19. The number of aromatic nitrogens is 1. The van der Waals surface area contributed by atoms with E-state index in [9.17, 15) is 13.2 Å². The lowest BCUT2D eigenvalue weighted by atomic mass is 10.1. The van der Waals surface area contributed by atoms with Crippen LogP contribution < -0.4 is 10.1 Å². The third-order valence-corrected chi connectivity index (χ3v) is 6.47. The number of hydrogen-bond acceptors (Lipinski definition) is 6. The van der Waals surface area contributed by atoms with Crippen molar-refractivity contribution in [1.29, 1.82) is 0 Å². The molecular formula is C19H23N3O4S. The Balaban J connectivity index is 1.64. The lowest BCUT2D eigenvalue weighted by Gasteiger charge is -2.23. The van der Waals surface area contributed by atoms with Gasteiger partial charge in [0.05, 0.1) is 18.6 Å². The van der Waals surface area contributed by atoms with Gasteiger partial charge in [0.2, 0.25) is 0 Å². The van der Waals surface area contributed by atoms with E-state index in [1.165, 1.54) is 4.90 Å². The minimum absolute atomic E-state index is 0.0307. The van der Waals surface area contributed by atoms with Gasteiger partial charge in [0.25, 0.3) is 5.91 Å². The summed E-state index contributed by atoms with van der Waals surface area (Å²) in [6, 6.07) is 10.7. The Labute approximate surface area is 159 Å². The molecular weight excluding hydrogens is 366 g/mol. The first-order valence-electron chi connectivity index (χ1n) is 8.68. The smallest absolute Gasteiger partial charge is 0.254 e. The van der Waals surface area contributed by atoms with Gasteiger partial charge < -0.3 is 15.0 Å². The molecule has 2 aromatic rings. The van der Waals surface area contributed by atoms with Gasteiger partial charge in [-0.15, -0.1) is 0 Å². The van der Waals surface area contributed by atoms with Crippen molar-refractivity contribution in [1.82, 2.24) is 9.88 Å². The molecule has 27 heavy (non-hydrogen) atoms. The van der Waals surface area contributed by atoms with Crippen LogP contribution in [0.25, 0.3) is 0 Å². The fourth-order valence-electron chi connectivity index (χ4n) is 3.05. The monoisotopic (exact) mass is 389 g/mol. The quantitative estimate of drug-likeness (QED) is 0.813. The van der Waals surface area contributed by atoms with Crippen molar-refractivity contribution in [2.24, 2.45) is 0 Å². The standard InChI is InChI=1S/C19H23N3O4S/c1-22(16-8-10-27(24,25)13-16)19(23)15-7-9-20-18(11-15)21-12-14-3-5-17(26-2)6-4-14/h3-7,9,11,16H,8,10,12-13H2,1-2H3,(H,20,21). The molecule has 0 saturated carbocycles. The van der Waals surface area contributed by atoms with E-state index in [-0.39, 0.29) is 23.5 Å². The third-order valence-electron chi connectivity index (χ3n) is 4.72. The average molecular weight is 389 g/mol. The van der Waals surface area contributed by atoms with Crippen molar-refractivity contribution in [2.75, 3.05) is 31.0 Å². The molecule has 3 rings (SSSR count). The zero-order chi connectivity index (χ0) is 19.4. The molecule has 1 aliphatic heterocycles. The van der Waals surface area contributed by atoms with Gasteiger partial charge in [-0.2, -0.15) is 0 Å². The molecule has 1 fully saturated rings. The van der Waals surface area contributed by atoms with Crippen LogP contribution in [0, 0.1) is 0 Å². The molecule has 1 atom stereocenters. The summed E-state index contributed by atoms with van der Waals surface area (Å²) in [5.41, 5.74) is 1.54. The molecule has 1 amide bonds. The highest BCUT2D eigenvalue weighted by molar-refractivity contribution is 7.91. The Morgan fingerprint density at radius 3 is 2.67 bits per heavy atom. The van der Waals surface area contributed by atoms with Crippen LogP contribution >= 0.6 is 0 Å². The maximum atomic E-state index is 12.7. The lowest BCUT2D eigenvalue weighted by molar-refractivity contribution is 0.0747. The first-order valence-corrected chi connectivity index (χ1v) is 10.5. The van der Waals surface area contributed by atoms with Crippen LogP contribution in [0.4, 0.5) is 5.82 Å². The van der Waals surface area contributed by atoms with E-state index in [2.05, 4.69) is 10.3 Å². The van der Waals surface area contributed by atoms with Crippen molar-refractivity contribution in [3.05, 3.63) is 53.7 Å². The summed E-state index contributed by atoms with van der Waals surface area (Å²) < 4.78 is 28.4. The summed E-state index contributed by atoms with van der Waals surface area (Å²) in [5, 5.41) is 3.20. The van der Waals surface area contributed by atoms with Gasteiger partial charge in [0.1, 0.15) is 11.6 Å². The number of pyridine rings is 1. The molecule has 2 heterocycles. The average Bonchev–Trinajstić information content (AvgIpc) is 3.05. The number of hydrogen-bond donors (Lipinski definition) is 1. The fraction of sp³-hybridized carbons (Fsp3) is 0.368. The number of amides is 1. The predicted octanol–water partition coefficient (Wildman–Crippen LogP) is 1.96. The van der Waals surface area contributed by atoms with E-state index >= 15 is 0 Å². The Kier molecular flexibility index (Phi) is 5.65. The highest BCUT2D eigenvalue weighted by atomic mass is 32.2. The van der Waals surface area contributed by atoms with Gasteiger partial charge in [0, 0.05) is 31.4 Å². The number of benzene rings is 1. The summed E-state index contributed by atoms with van der Waals surface area (Å²) in [6.45, 7) is 0.561. The maximum absolute atomic E-state index is 12.7. The molecule has 8 heteroatoms. The third kappa shape index (κ3) is 4.77. The molecule has 1 aromatic heterocycles. The van der Waals surface area contributed by atoms with Crippen LogP contribution in [0.15, 0.2) is 42.6 Å². The number of carbonyl (C=O) groups is 1. The van der Waals surface area contributed by atoms with Crippen molar-refractivity contribution < 1.29 is 17.9 Å². The summed E-state index contributed by atoms with van der Waals surface area (Å²) in [7, 11) is 0.238. The summed E-state index contributed by atoms with van der Waals surface area (Å²) >= 11 is 0. The van der Waals surface area contributed by atoms with Gasteiger partial charge >= 0.3 is 0 Å². The minimum Gasteiger partial charge on any atom is -0.497 e. The van der Waals surface area contributed by atoms with Crippen molar-refractivity contribution in [2.45, 2.75) is 19.0 Å². The number of carbonyl (C=O) groups excluding carboxylic acids is 1. The normalized spacial score (nSPS) is 18.1. The number of anilines is 1. The number of nitrogens with one attached hydrogen (secondary N) is 1. The second kappa shape index (κ2) is 7.96. The van der Waals surface area contributed by atoms with Gasteiger partial charge in [-0.3, -0.25) is 4.79 Å². The van der Waals surface area contributed by atoms with Gasteiger partial charge in [-0.05, 0) is 36.2 Å². The molecule has 1 unspecified atom stereocenters. The molecule has 0 aliphatic carbocycles. The SMILES string of the molecule is COc1ccc(CNc2cc(C(=O)N(C)C3CCS(=O)(=O)C3)ccn2)cc1. The van der Waals surface area contributed by atoms with Crippen LogP contribution in [0.3, 0.4) is 0 Å². The molecule has 144 valence electrons. The van der Waals surface area contributed by atoms with E-state index in [1.54, 1.807) is 32.5 Å². The second-order valence-electron chi connectivity index (χ2n) is 6.60. The summed E-state index contributed by atoms with van der Waals surface area (Å²) in [4.78, 5) is 18.5. The van der Waals surface area contributed by atoms with Crippen LogP contribution in [0.5, 0.6) is 5.75 Å². The first kappa shape index (κ1) is 19.2. The predicted molar refractivity (Wildman–Crippen MR) is 104 cm³/mol. The maximum Gasteiger partial charge on any atom is 0.254 e. The van der Waals surface area contributed by atoms with E-state index in [0.717, 1.165) is 11.3 Å². The zero-order valence-corrected chi connectivity index (χ0v) is 16.2. The van der Waals surface area contributed by atoms with Gasteiger partial charge in [-0.25, -0.2) is 13.4 Å². The number of ether oxygens (including phenoxy) is 1. The first-order chi connectivity index (χ1) is 12.9. The van der Waals surface area contributed by atoms with E-state index in [4.69, 9.17) is 4.74 Å². The Morgan fingerprint density at radius 2 is 2.04 bits per heavy atom. The molecule has 1 saturated heterocycles. The number of methoxy groups -OCH3 is 1. The summed E-state index contributed by atoms with van der Waals surface area (Å²) in [6.07, 6.45) is 2.06. The molecule has 0 bridgehead atoms. The lowest BCUT2D eigenvalue weighted by Crippen LogP contribution is -2.37. The Bertz CT molecular complexity index is 913. The largest absolute Gasteiger partial charge is 0.497 e. The van der Waals surface area contributed by atoms with E-state index in [0.29, 0.717) is 24.3 Å². The van der Waals surface area contributed by atoms with Gasteiger partial charge in [0.15, 0.2) is 9.84 Å². The molecule has 1 N–H and O–H groups in total. The fourth-order valence-corrected chi connectivity index (χ4v) is 4.82. The van der Waals surface area contributed by atoms with E-state index in [1.807, 2.05) is 24.3 Å². The van der Waals surface area contributed by atoms with Crippen LogP contribution in [0.1, 0.15) is 22.3 Å². The Morgan fingerprint density at radius 1 is 1.30 bits per heavy atom. The van der Waals surface area contributed by atoms with Crippen molar-refractivity contribution in [3.63, 3.8) is 0 Å². The number of nitrogens with zero attached hydrogens (tertiary/aromatic N) is 2. The Hall–Kier alpha value is -2.61. The van der Waals surface area contributed by atoms with Crippen LogP contribution in [-0.4, -0.2) is 55.9 Å². The van der Waals surface area contributed by atoms with Crippen molar-refractivity contribution >= 4 is 21.6 Å². The van der Waals surface area contributed by atoms with Crippen molar-refractivity contribution in [3.8, 4) is 5.75 Å². The zero-order valence-electron chi connectivity index (χ0n) is 15.4.